The highest BCUT2D eigenvalue weighted by Crippen LogP contribution is 2.35. The van der Waals surface area contributed by atoms with Crippen molar-refractivity contribution in [1.82, 2.24) is 4.90 Å². The van der Waals surface area contributed by atoms with Gasteiger partial charge in [0.05, 0.1) is 5.41 Å². The van der Waals surface area contributed by atoms with E-state index in [1.165, 1.54) is 0 Å². The first-order chi connectivity index (χ1) is 9.88. The Morgan fingerprint density at radius 2 is 1.76 bits per heavy atom. The van der Waals surface area contributed by atoms with Gasteiger partial charge in [0.25, 0.3) is 0 Å². The monoisotopic (exact) mass is 301 g/mol. The molecule has 2 rings (SSSR count). The van der Waals surface area contributed by atoms with Gasteiger partial charge in [0.2, 0.25) is 0 Å². The average Bonchev–Trinajstić information content (AvgIpc) is 2.45. The lowest BCUT2D eigenvalue weighted by atomic mass is 9.76. The van der Waals surface area contributed by atoms with Gasteiger partial charge in [-0.2, -0.15) is 0 Å². The van der Waals surface area contributed by atoms with Crippen molar-refractivity contribution in [1.29, 1.82) is 0 Å². The number of nitrogens with zero attached hydrogens (tertiary/aromatic N) is 1. The fraction of sp³-hybridized carbons (Fsp3) is 0.533. The fourth-order valence-electron chi connectivity index (χ4n) is 2.82. The molecule has 21 heavy (non-hydrogen) atoms. The Morgan fingerprint density at radius 3 is 2.19 bits per heavy atom. The summed E-state index contributed by atoms with van der Waals surface area (Å²) in [5, 5.41) is 9.31. The predicted molar refractivity (Wildman–Crippen MR) is 71.2 cm³/mol. The molecule has 0 unspecified atom stereocenters. The van der Waals surface area contributed by atoms with Gasteiger partial charge in [-0.1, -0.05) is 6.92 Å². The SMILES string of the molecule is CCC1(C(=O)O)CCN(Cc2cc(F)c(F)c(F)c2)CC1. The first-order valence-corrected chi connectivity index (χ1v) is 6.97. The second-order valence-electron chi connectivity index (χ2n) is 5.59. The summed E-state index contributed by atoms with van der Waals surface area (Å²) in [7, 11) is 0. The van der Waals surface area contributed by atoms with Crippen molar-refractivity contribution in [3.8, 4) is 0 Å². The molecule has 0 atom stereocenters. The van der Waals surface area contributed by atoms with Gasteiger partial charge in [-0.3, -0.25) is 9.69 Å². The summed E-state index contributed by atoms with van der Waals surface area (Å²) in [6, 6.07) is 1.97. The van der Waals surface area contributed by atoms with Gasteiger partial charge in [0.1, 0.15) is 0 Å². The minimum Gasteiger partial charge on any atom is -0.481 e. The molecule has 1 aromatic rings. The van der Waals surface area contributed by atoms with E-state index in [1.807, 2.05) is 11.8 Å². The van der Waals surface area contributed by atoms with E-state index in [4.69, 9.17) is 0 Å². The number of benzene rings is 1. The molecule has 0 radical (unpaired) electrons. The largest absolute Gasteiger partial charge is 0.481 e. The molecule has 0 saturated carbocycles. The van der Waals surface area contributed by atoms with Crippen LogP contribution in [0, 0.1) is 22.9 Å². The maximum absolute atomic E-state index is 13.2. The van der Waals surface area contributed by atoms with E-state index in [1.54, 1.807) is 0 Å². The number of hydrogen-bond acceptors (Lipinski definition) is 2. The minimum absolute atomic E-state index is 0.285. The van der Waals surface area contributed by atoms with Crippen molar-refractivity contribution in [2.75, 3.05) is 13.1 Å². The highest BCUT2D eigenvalue weighted by molar-refractivity contribution is 5.74. The molecule has 1 aromatic carbocycles. The van der Waals surface area contributed by atoms with Gasteiger partial charge in [-0.25, -0.2) is 13.2 Å². The van der Waals surface area contributed by atoms with Crippen LogP contribution in [0.1, 0.15) is 31.7 Å². The molecular formula is C15H18F3NO2. The van der Waals surface area contributed by atoms with Crippen molar-refractivity contribution < 1.29 is 23.1 Å². The second-order valence-corrected chi connectivity index (χ2v) is 5.59. The zero-order valence-electron chi connectivity index (χ0n) is 11.8. The van der Waals surface area contributed by atoms with Gasteiger partial charge in [-0.05, 0) is 50.0 Å². The van der Waals surface area contributed by atoms with Crippen molar-refractivity contribution in [3.05, 3.63) is 35.1 Å². The lowest BCUT2D eigenvalue weighted by Crippen LogP contribution is -2.43. The van der Waals surface area contributed by atoms with Gasteiger partial charge >= 0.3 is 5.97 Å². The van der Waals surface area contributed by atoms with Crippen molar-refractivity contribution in [2.45, 2.75) is 32.7 Å². The Labute approximate surface area is 121 Å². The Bertz CT molecular complexity index is 517. The van der Waals surface area contributed by atoms with Crippen LogP contribution in [0.15, 0.2) is 12.1 Å². The number of piperidine rings is 1. The van der Waals surface area contributed by atoms with Crippen LogP contribution >= 0.6 is 0 Å². The third kappa shape index (κ3) is 3.20. The number of carbonyl (C=O) groups is 1. The van der Waals surface area contributed by atoms with Crippen LogP contribution in [0.25, 0.3) is 0 Å². The summed E-state index contributed by atoms with van der Waals surface area (Å²) in [5.74, 6) is -4.65. The van der Waals surface area contributed by atoms with Gasteiger partial charge in [-0.15, -0.1) is 0 Å². The highest BCUT2D eigenvalue weighted by atomic mass is 19.2. The normalized spacial score (nSPS) is 18.7. The number of carboxylic acid groups (broad SMARTS) is 1. The zero-order chi connectivity index (χ0) is 15.6. The number of likely N-dealkylation sites (tertiary alicyclic amines) is 1. The fourth-order valence-corrected chi connectivity index (χ4v) is 2.82. The molecule has 0 amide bonds. The zero-order valence-corrected chi connectivity index (χ0v) is 11.8. The first kappa shape index (κ1) is 15.8. The van der Waals surface area contributed by atoms with Crippen molar-refractivity contribution in [3.63, 3.8) is 0 Å². The van der Waals surface area contributed by atoms with E-state index in [-0.39, 0.29) is 6.54 Å². The molecule has 1 fully saturated rings. The average molecular weight is 301 g/mol. The second kappa shape index (κ2) is 6.05. The summed E-state index contributed by atoms with van der Waals surface area (Å²) in [5.41, 5.74) is -0.346. The molecule has 1 heterocycles. The highest BCUT2D eigenvalue weighted by Gasteiger charge is 2.39. The molecule has 116 valence electrons. The topological polar surface area (TPSA) is 40.5 Å². The summed E-state index contributed by atoms with van der Waals surface area (Å²) < 4.78 is 39.2. The van der Waals surface area contributed by atoms with Crippen LogP contribution in [-0.2, 0) is 11.3 Å². The molecule has 1 N–H and O–H groups in total. The third-order valence-electron chi connectivity index (χ3n) is 4.39. The summed E-state index contributed by atoms with van der Waals surface area (Å²) in [4.78, 5) is 13.3. The van der Waals surface area contributed by atoms with Crippen LogP contribution in [0.5, 0.6) is 0 Å². The molecule has 0 aliphatic carbocycles. The maximum atomic E-state index is 13.2. The molecule has 6 heteroatoms. The van der Waals surface area contributed by atoms with Gasteiger partial charge in [0.15, 0.2) is 17.5 Å². The van der Waals surface area contributed by atoms with Crippen LogP contribution < -0.4 is 0 Å². The lowest BCUT2D eigenvalue weighted by molar-refractivity contribution is -0.152. The van der Waals surface area contributed by atoms with E-state index >= 15 is 0 Å². The Balaban J connectivity index is 2.02. The Hall–Kier alpha value is -1.56. The van der Waals surface area contributed by atoms with Crippen LogP contribution in [-0.4, -0.2) is 29.1 Å². The summed E-state index contributed by atoms with van der Waals surface area (Å²) >= 11 is 0. The first-order valence-electron chi connectivity index (χ1n) is 6.97. The number of halogens is 3. The Morgan fingerprint density at radius 1 is 1.24 bits per heavy atom. The van der Waals surface area contributed by atoms with Gasteiger partial charge in [0, 0.05) is 6.54 Å². The van der Waals surface area contributed by atoms with E-state index in [0.29, 0.717) is 37.9 Å². The molecule has 0 bridgehead atoms. The van der Waals surface area contributed by atoms with E-state index < -0.39 is 28.8 Å². The number of rotatable bonds is 4. The molecule has 1 saturated heterocycles. The smallest absolute Gasteiger partial charge is 0.309 e. The van der Waals surface area contributed by atoms with Crippen molar-refractivity contribution >= 4 is 5.97 Å². The third-order valence-corrected chi connectivity index (χ3v) is 4.39. The molecule has 3 nitrogen and oxygen atoms in total. The van der Waals surface area contributed by atoms with Crippen LogP contribution in [0.3, 0.4) is 0 Å². The Kier molecular flexibility index (Phi) is 4.56. The molecule has 0 spiro atoms. The lowest BCUT2D eigenvalue weighted by Gasteiger charge is -2.38. The van der Waals surface area contributed by atoms with Gasteiger partial charge < -0.3 is 5.11 Å². The predicted octanol–water partition coefficient (Wildman–Crippen LogP) is 3.18. The molecule has 0 aromatic heterocycles. The van der Waals surface area contributed by atoms with Crippen LogP contribution in [0.2, 0.25) is 0 Å². The summed E-state index contributed by atoms with van der Waals surface area (Å²) in [6.45, 7) is 3.23. The molecule has 1 aliphatic rings. The minimum atomic E-state index is -1.46. The van der Waals surface area contributed by atoms with E-state index in [2.05, 4.69) is 0 Å². The number of carboxylic acids is 1. The quantitative estimate of drug-likeness (QED) is 0.868. The maximum Gasteiger partial charge on any atom is 0.309 e. The number of hydrogen-bond donors (Lipinski definition) is 1. The molecule has 1 aliphatic heterocycles. The summed E-state index contributed by atoms with van der Waals surface area (Å²) in [6.07, 6.45) is 1.58. The molecular weight excluding hydrogens is 283 g/mol. The van der Waals surface area contributed by atoms with E-state index in [0.717, 1.165) is 12.1 Å². The van der Waals surface area contributed by atoms with E-state index in [9.17, 15) is 23.1 Å². The standard InChI is InChI=1S/C15H18F3NO2/c1-2-15(14(20)21)3-5-19(6-4-15)9-10-7-11(16)13(18)12(17)8-10/h7-8H,2-6,9H2,1H3,(H,20,21). The number of aliphatic carboxylic acids is 1. The van der Waals surface area contributed by atoms with Crippen LogP contribution in [0.4, 0.5) is 13.2 Å². The van der Waals surface area contributed by atoms with Crippen molar-refractivity contribution in [2.24, 2.45) is 5.41 Å².